The van der Waals surface area contributed by atoms with Crippen LogP contribution in [0.2, 0.25) is 0 Å². The van der Waals surface area contributed by atoms with Gasteiger partial charge in [0.2, 0.25) is 5.91 Å². The molecule has 0 saturated carbocycles. The molecule has 114 valence electrons. The molecule has 0 unspecified atom stereocenters. The van der Waals surface area contributed by atoms with Crippen LogP contribution in [0.25, 0.3) is 0 Å². The van der Waals surface area contributed by atoms with Crippen LogP contribution in [0.15, 0.2) is 29.4 Å². The molecule has 1 heterocycles. The van der Waals surface area contributed by atoms with Crippen molar-refractivity contribution in [2.75, 3.05) is 11.1 Å². The molecule has 0 spiro atoms. The molecule has 1 amide bonds. The Balaban J connectivity index is 1.60. The number of carbonyl (C=O) groups excluding carboxylic acids is 1. The van der Waals surface area contributed by atoms with E-state index in [0.717, 1.165) is 41.9 Å². The zero-order chi connectivity index (χ0) is 15.5. The molecule has 0 aliphatic heterocycles. The Bertz CT molecular complexity index is 715. The summed E-state index contributed by atoms with van der Waals surface area (Å²) in [7, 11) is 0. The van der Waals surface area contributed by atoms with Gasteiger partial charge in [-0.15, -0.1) is 0 Å². The molecule has 0 radical (unpaired) electrons. The van der Waals surface area contributed by atoms with Crippen molar-refractivity contribution < 1.29 is 4.79 Å². The molecule has 0 bridgehead atoms. The van der Waals surface area contributed by atoms with Crippen molar-refractivity contribution in [3.05, 3.63) is 46.8 Å². The first-order valence-corrected chi connectivity index (χ1v) is 8.46. The van der Waals surface area contributed by atoms with E-state index in [0.29, 0.717) is 10.9 Å². The van der Waals surface area contributed by atoms with Gasteiger partial charge in [0.1, 0.15) is 0 Å². The van der Waals surface area contributed by atoms with Crippen LogP contribution in [-0.2, 0) is 17.6 Å². The van der Waals surface area contributed by atoms with E-state index >= 15 is 0 Å². The van der Waals surface area contributed by atoms with E-state index in [2.05, 4.69) is 15.3 Å². The SMILES string of the molecule is Cc1cccc(NC(=O)CSc2nc(C)c3c(n2)CCC3)c1. The van der Waals surface area contributed by atoms with Crippen LogP contribution in [0.4, 0.5) is 5.69 Å². The molecule has 1 N–H and O–H groups in total. The number of aryl methyl sites for hydroxylation is 3. The Morgan fingerprint density at radius 2 is 2.14 bits per heavy atom. The number of aromatic nitrogens is 2. The highest BCUT2D eigenvalue weighted by Crippen LogP contribution is 2.25. The molecule has 0 saturated heterocycles. The van der Waals surface area contributed by atoms with Gasteiger partial charge in [-0.1, -0.05) is 23.9 Å². The topological polar surface area (TPSA) is 54.9 Å². The summed E-state index contributed by atoms with van der Waals surface area (Å²) in [5, 5.41) is 3.61. The molecule has 5 heteroatoms. The van der Waals surface area contributed by atoms with Crippen LogP contribution >= 0.6 is 11.8 Å². The number of fused-ring (bicyclic) bond motifs is 1. The molecule has 0 fully saturated rings. The molecule has 1 aliphatic carbocycles. The molecule has 4 nitrogen and oxygen atoms in total. The van der Waals surface area contributed by atoms with E-state index in [1.807, 2.05) is 38.1 Å². The molecular formula is C17H19N3OS. The monoisotopic (exact) mass is 313 g/mol. The minimum atomic E-state index is -0.0302. The predicted molar refractivity (Wildman–Crippen MR) is 89.3 cm³/mol. The maximum Gasteiger partial charge on any atom is 0.234 e. The molecule has 2 aromatic rings. The lowest BCUT2D eigenvalue weighted by Crippen LogP contribution is -2.14. The van der Waals surface area contributed by atoms with Gasteiger partial charge in [0.25, 0.3) is 0 Å². The van der Waals surface area contributed by atoms with Gasteiger partial charge in [-0.25, -0.2) is 9.97 Å². The standard InChI is InChI=1S/C17H19N3OS/c1-11-5-3-6-13(9-11)19-16(21)10-22-17-18-12(2)14-7-4-8-15(14)20-17/h3,5-6,9H,4,7-8,10H2,1-2H3,(H,19,21). The average molecular weight is 313 g/mol. The summed E-state index contributed by atoms with van der Waals surface area (Å²) in [4.78, 5) is 21.1. The molecule has 22 heavy (non-hydrogen) atoms. The number of carbonyl (C=O) groups is 1. The summed E-state index contributed by atoms with van der Waals surface area (Å²) in [6.07, 6.45) is 3.27. The molecule has 1 aromatic carbocycles. The second-order valence-corrected chi connectivity index (χ2v) is 6.52. The molecule has 1 aliphatic rings. The van der Waals surface area contributed by atoms with Gasteiger partial charge in [-0.2, -0.15) is 0 Å². The van der Waals surface area contributed by atoms with E-state index < -0.39 is 0 Å². The maximum absolute atomic E-state index is 12.0. The Morgan fingerprint density at radius 1 is 1.27 bits per heavy atom. The first-order valence-electron chi connectivity index (χ1n) is 7.47. The fraction of sp³-hybridized carbons (Fsp3) is 0.353. The second-order valence-electron chi connectivity index (χ2n) is 5.58. The summed E-state index contributed by atoms with van der Waals surface area (Å²) < 4.78 is 0. The first-order chi connectivity index (χ1) is 10.6. The lowest BCUT2D eigenvalue weighted by Gasteiger charge is -2.07. The Kier molecular flexibility index (Phi) is 4.43. The number of rotatable bonds is 4. The van der Waals surface area contributed by atoms with Crippen LogP contribution < -0.4 is 5.32 Å². The van der Waals surface area contributed by atoms with E-state index in [4.69, 9.17) is 0 Å². The molecule has 1 aromatic heterocycles. The third-order valence-electron chi connectivity index (χ3n) is 3.75. The van der Waals surface area contributed by atoms with E-state index in [-0.39, 0.29) is 5.91 Å². The second kappa shape index (κ2) is 6.48. The summed E-state index contributed by atoms with van der Waals surface area (Å²) >= 11 is 1.40. The van der Waals surface area contributed by atoms with Crippen molar-refractivity contribution in [3.8, 4) is 0 Å². The minimum absolute atomic E-state index is 0.0302. The van der Waals surface area contributed by atoms with Crippen LogP contribution in [0.3, 0.4) is 0 Å². The number of nitrogens with one attached hydrogen (secondary N) is 1. The van der Waals surface area contributed by atoms with Crippen molar-refractivity contribution in [2.24, 2.45) is 0 Å². The highest BCUT2D eigenvalue weighted by Gasteiger charge is 2.17. The van der Waals surface area contributed by atoms with Gasteiger partial charge in [0, 0.05) is 17.1 Å². The van der Waals surface area contributed by atoms with Crippen molar-refractivity contribution in [2.45, 2.75) is 38.3 Å². The number of amides is 1. The smallest absolute Gasteiger partial charge is 0.234 e. The van der Waals surface area contributed by atoms with Crippen molar-refractivity contribution in [3.63, 3.8) is 0 Å². The van der Waals surface area contributed by atoms with Crippen molar-refractivity contribution >= 4 is 23.4 Å². The van der Waals surface area contributed by atoms with E-state index in [1.165, 1.54) is 17.3 Å². The van der Waals surface area contributed by atoms with Crippen molar-refractivity contribution in [1.82, 2.24) is 9.97 Å². The Morgan fingerprint density at radius 3 is 2.95 bits per heavy atom. The zero-order valence-corrected chi connectivity index (χ0v) is 13.7. The first kappa shape index (κ1) is 15.0. The van der Waals surface area contributed by atoms with Crippen LogP contribution in [0.5, 0.6) is 0 Å². The zero-order valence-electron chi connectivity index (χ0n) is 12.8. The number of anilines is 1. The fourth-order valence-corrected chi connectivity index (χ4v) is 3.42. The summed E-state index contributed by atoms with van der Waals surface area (Å²) in [6, 6.07) is 7.79. The maximum atomic E-state index is 12.0. The van der Waals surface area contributed by atoms with Crippen LogP contribution in [0.1, 0.15) is 28.9 Å². The van der Waals surface area contributed by atoms with E-state index in [1.54, 1.807) is 0 Å². The normalized spacial score (nSPS) is 13.0. The Labute approximate surface area is 134 Å². The van der Waals surface area contributed by atoms with Crippen molar-refractivity contribution in [1.29, 1.82) is 0 Å². The van der Waals surface area contributed by atoms with Gasteiger partial charge in [0.05, 0.1) is 5.75 Å². The molecular weight excluding hydrogens is 294 g/mol. The fourth-order valence-electron chi connectivity index (χ4n) is 2.71. The third-order valence-corrected chi connectivity index (χ3v) is 4.60. The molecule has 0 atom stereocenters. The Hall–Kier alpha value is -1.88. The number of benzene rings is 1. The number of nitrogens with zero attached hydrogens (tertiary/aromatic N) is 2. The quantitative estimate of drug-likeness (QED) is 0.695. The highest BCUT2D eigenvalue weighted by atomic mass is 32.2. The minimum Gasteiger partial charge on any atom is -0.325 e. The van der Waals surface area contributed by atoms with Gasteiger partial charge in [-0.3, -0.25) is 4.79 Å². The number of hydrogen-bond donors (Lipinski definition) is 1. The van der Waals surface area contributed by atoms with Crippen LogP contribution in [0, 0.1) is 13.8 Å². The predicted octanol–water partition coefficient (Wildman–Crippen LogP) is 3.31. The summed E-state index contributed by atoms with van der Waals surface area (Å²) in [6.45, 7) is 4.04. The van der Waals surface area contributed by atoms with Gasteiger partial charge in [0.15, 0.2) is 5.16 Å². The number of hydrogen-bond acceptors (Lipinski definition) is 4. The average Bonchev–Trinajstić information content (AvgIpc) is 2.94. The van der Waals surface area contributed by atoms with E-state index in [9.17, 15) is 4.79 Å². The number of thioether (sulfide) groups is 1. The lowest BCUT2D eigenvalue weighted by atomic mass is 10.2. The highest BCUT2D eigenvalue weighted by molar-refractivity contribution is 7.99. The lowest BCUT2D eigenvalue weighted by molar-refractivity contribution is -0.113. The van der Waals surface area contributed by atoms with Crippen LogP contribution in [-0.4, -0.2) is 21.6 Å². The largest absolute Gasteiger partial charge is 0.325 e. The van der Waals surface area contributed by atoms with Gasteiger partial charge in [-0.05, 0) is 56.4 Å². The molecule has 3 rings (SSSR count). The van der Waals surface area contributed by atoms with Gasteiger partial charge < -0.3 is 5.32 Å². The van der Waals surface area contributed by atoms with Gasteiger partial charge >= 0.3 is 0 Å². The summed E-state index contributed by atoms with van der Waals surface area (Å²) in [5.74, 6) is 0.295. The third kappa shape index (κ3) is 3.47. The summed E-state index contributed by atoms with van der Waals surface area (Å²) in [5.41, 5.74) is 5.48.